The van der Waals surface area contributed by atoms with Crippen molar-refractivity contribution < 1.29 is 8.78 Å². The van der Waals surface area contributed by atoms with Gasteiger partial charge >= 0.3 is 0 Å². The third-order valence-corrected chi connectivity index (χ3v) is 2.98. The Balaban J connectivity index is 2.32. The van der Waals surface area contributed by atoms with Crippen LogP contribution in [0.2, 0.25) is 0 Å². The second-order valence-corrected chi connectivity index (χ2v) is 4.05. The van der Waals surface area contributed by atoms with Gasteiger partial charge < -0.3 is 5.73 Å². The number of hydrogen-bond acceptors (Lipinski definition) is 2. The Hall–Kier alpha value is -1.00. The molecule has 0 saturated carbocycles. The topological polar surface area (TPSA) is 29.3 Å². The minimum Gasteiger partial charge on any atom is -0.326 e. The summed E-state index contributed by atoms with van der Waals surface area (Å²) in [4.78, 5) is 2.07. The van der Waals surface area contributed by atoms with Gasteiger partial charge in [-0.05, 0) is 31.2 Å². The molecule has 1 aromatic rings. The van der Waals surface area contributed by atoms with Gasteiger partial charge in [0, 0.05) is 18.6 Å². The highest BCUT2D eigenvalue weighted by atomic mass is 19.2. The smallest absolute Gasteiger partial charge is 0.159 e. The fraction of sp³-hybridized carbons (Fsp3) is 0.455. The van der Waals surface area contributed by atoms with E-state index in [9.17, 15) is 8.78 Å². The molecule has 0 radical (unpaired) electrons. The predicted molar refractivity (Wildman–Crippen MR) is 54.3 cm³/mol. The summed E-state index contributed by atoms with van der Waals surface area (Å²) in [6, 6.07) is 4.00. The molecule has 4 heteroatoms. The number of nitrogens with zero attached hydrogens (tertiary/aromatic N) is 1. The van der Waals surface area contributed by atoms with Crippen LogP contribution in [0, 0.1) is 11.6 Å². The molecule has 2 atom stereocenters. The van der Waals surface area contributed by atoms with Crippen LogP contribution in [0.25, 0.3) is 0 Å². The van der Waals surface area contributed by atoms with Crippen molar-refractivity contribution in [3.8, 4) is 0 Å². The van der Waals surface area contributed by atoms with Gasteiger partial charge in [-0.15, -0.1) is 0 Å². The lowest BCUT2D eigenvalue weighted by molar-refractivity contribution is 0.303. The number of rotatable bonds is 1. The molecule has 0 aliphatic carbocycles. The molecule has 0 amide bonds. The van der Waals surface area contributed by atoms with Gasteiger partial charge in [0.25, 0.3) is 0 Å². The zero-order valence-electron chi connectivity index (χ0n) is 8.58. The molecular formula is C11H14F2N2. The first-order chi connectivity index (χ1) is 7.09. The Labute approximate surface area is 87.7 Å². The molecular weight excluding hydrogens is 198 g/mol. The van der Waals surface area contributed by atoms with E-state index < -0.39 is 11.6 Å². The van der Waals surface area contributed by atoms with Crippen molar-refractivity contribution >= 4 is 0 Å². The molecule has 2 rings (SSSR count). The van der Waals surface area contributed by atoms with E-state index in [0.29, 0.717) is 0 Å². The summed E-state index contributed by atoms with van der Waals surface area (Å²) in [5.74, 6) is -1.62. The van der Waals surface area contributed by atoms with Gasteiger partial charge in [0.05, 0.1) is 0 Å². The maximum Gasteiger partial charge on any atom is 0.159 e. The summed E-state index contributed by atoms with van der Waals surface area (Å²) in [6.07, 6.45) is 0.889. The van der Waals surface area contributed by atoms with Crippen LogP contribution in [0.4, 0.5) is 8.78 Å². The van der Waals surface area contributed by atoms with E-state index in [1.54, 1.807) is 6.07 Å². The highest BCUT2D eigenvalue weighted by molar-refractivity contribution is 5.23. The highest BCUT2D eigenvalue weighted by Crippen LogP contribution is 2.30. The molecule has 1 aliphatic rings. The molecule has 1 saturated heterocycles. The van der Waals surface area contributed by atoms with Crippen molar-refractivity contribution in [2.24, 2.45) is 5.73 Å². The zero-order chi connectivity index (χ0) is 11.0. The quantitative estimate of drug-likeness (QED) is 0.767. The number of likely N-dealkylation sites (N-methyl/N-ethyl adjacent to an activating group) is 1. The van der Waals surface area contributed by atoms with Crippen molar-refractivity contribution in [3.63, 3.8) is 0 Å². The summed E-state index contributed by atoms with van der Waals surface area (Å²) >= 11 is 0. The third kappa shape index (κ3) is 1.87. The molecule has 0 aromatic heterocycles. The molecule has 2 nitrogen and oxygen atoms in total. The fourth-order valence-electron chi connectivity index (χ4n) is 2.17. The highest BCUT2D eigenvalue weighted by Gasteiger charge is 2.30. The van der Waals surface area contributed by atoms with Gasteiger partial charge in [0.15, 0.2) is 11.6 Å². The SMILES string of the molecule is CN1CC[C@@H](N)[C@@H]1c1ccc(F)c(F)c1. The van der Waals surface area contributed by atoms with Crippen LogP contribution in [0.3, 0.4) is 0 Å². The summed E-state index contributed by atoms with van der Waals surface area (Å²) in [7, 11) is 1.94. The van der Waals surface area contributed by atoms with Gasteiger partial charge in [-0.25, -0.2) is 8.78 Å². The predicted octanol–water partition coefficient (Wildman–Crippen LogP) is 1.67. The van der Waals surface area contributed by atoms with Crippen LogP contribution >= 0.6 is 0 Å². The molecule has 1 fully saturated rings. The summed E-state index contributed by atoms with van der Waals surface area (Å²) in [5.41, 5.74) is 6.68. The van der Waals surface area contributed by atoms with Crippen molar-refractivity contribution in [2.45, 2.75) is 18.5 Å². The average molecular weight is 212 g/mol. The van der Waals surface area contributed by atoms with Crippen LogP contribution in [0.5, 0.6) is 0 Å². The molecule has 15 heavy (non-hydrogen) atoms. The molecule has 82 valence electrons. The lowest BCUT2D eigenvalue weighted by atomic mass is 10.0. The van der Waals surface area contributed by atoms with Gasteiger partial charge in [0.2, 0.25) is 0 Å². The molecule has 0 bridgehead atoms. The number of hydrogen-bond donors (Lipinski definition) is 1. The van der Waals surface area contributed by atoms with Crippen LogP contribution < -0.4 is 5.73 Å². The molecule has 1 heterocycles. The largest absolute Gasteiger partial charge is 0.326 e. The van der Waals surface area contributed by atoms with Crippen molar-refractivity contribution in [1.82, 2.24) is 4.90 Å². The molecule has 1 aromatic carbocycles. The van der Waals surface area contributed by atoms with Gasteiger partial charge in [-0.3, -0.25) is 4.90 Å². The van der Waals surface area contributed by atoms with E-state index in [-0.39, 0.29) is 12.1 Å². The van der Waals surface area contributed by atoms with E-state index in [1.807, 2.05) is 7.05 Å². The lowest BCUT2D eigenvalue weighted by Crippen LogP contribution is -2.29. The first kappa shape index (κ1) is 10.5. The van der Waals surface area contributed by atoms with Crippen LogP contribution in [0.1, 0.15) is 18.0 Å². The molecule has 0 unspecified atom stereocenters. The number of benzene rings is 1. The Morgan fingerprint density at radius 2 is 2.07 bits per heavy atom. The molecule has 1 aliphatic heterocycles. The van der Waals surface area contributed by atoms with Crippen molar-refractivity contribution in [2.75, 3.05) is 13.6 Å². The van der Waals surface area contributed by atoms with Gasteiger partial charge in [-0.1, -0.05) is 6.07 Å². The van der Waals surface area contributed by atoms with E-state index in [0.717, 1.165) is 24.6 Å². The maximum atomic E-state index is 13.1. The summed E-state index contributed by atoms with van der Waals surface area (Å²) in [5, 5.41) is 0. The van der Waals surface area contributed by atoms with Crippen molar-refractivity contribution in [1.29, 1.82) is 0 Å². The summed E-state index contributed by atoms with van der Waals surface area (Å²) < 4.78 is 25.8. The van der Waals surface area contributed by atoms with Crippen LogP contribution in [0.15, 0.2) is 18.2 Å². The maximum absolute atomic E-state index is 13.1. The Bertz CT molecular complexity index is 358. The van der Waals surface area contributed by atoms with E-state index in [2.05, 4.69) is 4.90 Å². The second kappa shape index (κ2) is 3.87. The third-order valence-electron chi connectivity index (χ3n) is 2.98. The minimum absolute atomic E-state index is 0.0000926. The Morgan fingerprint density at radius 3 is 2.60 bits per heavy atom. The Kier molecular flexibility index (Phi) is 2.71. The summed E-state index contributed by atoms with van der Waals surface area (Å²) in [6.45, 7) is 0.894. The average Bonchev–Trinajstić information content (AvgIpc) is 2.52. The van der Waals surface area contributed by atoms with Crippen LogP contribution in [-0.4, -0.2) is 24.5 Å². The van der Waals surface area contributed by atoms with Crippen molar-refractivity contribution in [3.05, 3.63) is 35.4 Å². The first-order valence-corrected chi connectivity index (χ1v) is 5.00. The fourth-order valence-corrected chi connectivity index (χ4v) is 2.17. The van der Waals surface area contributed by atoms with E-state index in [1.165, 1.54) is 6.07 Å². The Morgan fingerprint density at radius 1 is 1.33 bits per heavy atom. The lowest BCUT2D eigenvalue weighted by Gasteiger charge is -2.23. The first-order valence-electron chi connectivity index (χ1n) is 5.00. The number of nitrogens with two attached hydrogens (primary N) is 1. The minimum atomic E-state index is -0.812. The number of halogens is 2. The number of likely N-dealkylation sites (tertiary alicyclic amines) is 1. The van der Waals surface area contributed by atoms with Gasteiger partial charge in [0.1, 0.15) is 0 Å². The molecule has 2 N–H and O–H groups in total. The van der Waals surface area contributed by atoms with E-state index >= 15 is 0 Å². The normalized spacial score (nSPS) is 27.2. The molecule has 0 spiro atoms. The second-order valence-electron chi connectivity index (χ2n) is 4.05. The zero-order valence-corrected chi connectivity index (χ0v) is 8.58. The standard InChI is InChI=1S/C11H14F2N2/c1-15-5-4-10(14)11(15)7-2-3-8(12)9(13)6-7/h2-3,6,10-11H,4-5,14H2,1H3/t10-,11+/m1/s1. The van der Waals surface area contributed by atoms with Gasteiger partial charge in [-0.2, -0.15) is 0 Å². The van der Waals surface area contributed by atoms with E-state index in [4.69, 9.17) is 5.73 Å². The monoisotopic (exact) mass is 212 g/mol. The van der Waals surface area contributed by atoms with Crippen LogP contribution in [-0.2, 0) is 0 Å².